The van der Waals surface area contributed by atoms with E-state index >= 15 is 0 Å². The van der Waals surface area contributed by atoms with Gasteiger partial charge < -0.3 is 14.4 Å². The highest BCUT2D eigenvalue weighted by Gasteiger charge is 2.34. The Bertz CT molecular complexity index is 589. The molecule has 21 heavy (non-hydrogen) atoms. The van der Waals surface area contributed by atoms with E-state index in [1.165, 1.54) is 11.9 Å². The summed E-state index contributed by atoms with van der Waals surface area (Å²) < 4.78 is 10.4. The van der Waals surface area contributed by atoms with Gasteiger partial charge in [0, 0.05) is 12.5 Å². The summed E-state index contributed by atoms with van der Waals surface area (Å²) in [6.45, 7) is 5.53. The monoisotopic (exact) mass is 331 g/mol. The second-order valence-electron chi connectivity index (χ2n) is 5.80. The zero-order valence-corrected chi connectivity index (χ0v) is 13.7. The van der Waals surface area contributed by atoms with Crippen LogP contribution in [0.1, 0.15) is 26.3 Å². The van der Waals surface area contributed by atoms with Gasteiger partial charge in [0.2, 0.25) is 0 Å². The van der Waals surface area contributed by atoms with Crippen molar-refractivity contribution in [2.45, 2.75) is 33.0 Å². The van der Waals surface area contributed by atoms with Crippen LogP contribution in [0.2, 0.25) is 10.0 Å². The first kappa shape index (κ1) is 16.4. The molecule has 1 aliphatic rings. The Labute approximate surface area is 133 Å². The van der Waals surface area contributed by atoms with Gasteiger partial charge in [-0.1, -0.05) is 23.2 Å². The Morgan fingerprint density at radius 1 is 1.48 bits per heavy atom. The molecule has 0 bridgehead atoms. The molecule has 0 aliphatic carbocycles. The SMILES string of the molecule is CN(C(=O)OC(C)(C)C)c1c(Cl)cc2c(c1Cl)B(O)OC2. The van der Waals surface area contributed by atoms with Crippen LogP contribution in [0.3, 0.4) is 0 Å². The molecule has 1 aromatic carbocycles. The number of rotatable bonds is 1. The molecule has 0 radical (unpaired) electrons. The van der Waals surface area contributed by atoms with Crippen molar-refractivity contribution in [2.24, 2.45) is 0 Å². The predicted octanol–water partition coefficient (Wildman–Crippen LogP) is 2.58. The van der Waals surface area contributed by atoms with Gasteiger partial charge in [0.05, 0.1) is 22.3 Å². The number of fused-ring (bicyclic) bond motifs is 1. The number of ether oxygens (including phenoxy) is 1. The second-order valence-corrected chi connectivity index (χ2v) is 6.58. The largest absolute Gasteiger partial charge is 0.493 e. The Kier molecular flexibility index (Phi) is 4.45. The van der Waals surface area contributed by atoms with Crippen LogP contribution in [0.15, 0.2) is 6.07 Å². The molecular formula is C13H16BCl2NO4. The first-order valence-electron chi connectivity index (χ1n) is 6.39. The molecule has 8 heteroatoms. The average molecular weight is 332 g/mol. The van der Waals surface area contributed by atoms with Gasteiger partial charge in [-0.25, -0.2) is 4.79 Å². The number of hydrogen-bond donors (Lipinski definition) is 1. The minimum Gasteiger partial charge on any atom is -0.443 e. The average Bonchev–Trinajstić information content (AvgIpc) is 2.68. The van der Waals surface area contributed by atoms with Crippen LogP contribution < -0.4 is 10.4 Å². The summed E-state index contributed by atoms with van der Waals surface area (Å²) in [5.41, 5.74) is 0.796. The molecule has 0 atom stereocenters. The number of halogens is 2. The second kappa shape index (κ2) is 5.68. The smallest absolute Gasteiger partial charge is 0.443 e. The topological polar surface area (TPSA) is 59.0 Å². The standard InChI is InChI=1S/C13H16BCl2NO4/c1-13(2,3)21-12(18)17(4)11-8(15)5-7-6-20-14(19)9(7)10(11)16/h5,19H,6H2,1-4H3. The van der Waals surface area contributed by atoms with Crippen LogP contribution in [0.25, 0.3) is 0 Å². The normalized spacial score (nSPS) is 14.1. The fraction of sp³-hybridized carbons (Fsp3) is 0.462. The molecule has 0 aromatic heterocycles. The lowest BCUT2D eigenvalue weighted by atomic mass is 9.79. The van der Waals surface area contributed by atoms with E-state index in [9.17, 15) is 9.82 Å². The summed E-state index contributed by atoms with van der Waals surface area (Å²) in [5.74, 6) is 0. The van der Waals surface area contributed by atoms with Gasteiger partial charge in [-0.15, -0.1) is 0 Å². The molecule has 1 aromatic rings. The van der Waals surface area contributed by atoms with E-state index in [1.807, 2.05) is 0 Å². The van der Waals surface area contributed by atoms with E-state index in [2.05, 4.69) is 0 Å². The van der Waals surface area contributed by atoms with E-state index in [0.717, 1.165) is 0 Å². The van der Waals surface area contributed by atoms with Crippen LogP contribution in [0, 0.1) is 0 Å². The Morgan fingerprint density at radius 3 is 2.67 bits per heavy atom. The maximum atomic E-state index is 12.1. The Hall–Kier alpha value is -0.945. The van der Waals surface area contributed by atoms with E-state index in [0.29, 0.717) is 16.0 Å². The minimum absolute atomic E-state index is 0.191. The summed E-state index contributed by atoms with van der Waals surface area (Å²) in [7, 11) is 0.394. The number of carbonyl (C=O) groups is 1. The number of nitrogens with zero attached hydrogens (tertiary/aromatic N) is 1. The van der Waals surface area contributed by atoms with Gasteiger partial charge in [-0.3, -0.25) is 4.90 Å². The summed E-state index contributed by atoms with van der Waals surface area (Å²) in [4.78, 5) is 13.4. The van der Waals surface area contributed by atoms with E-state index < -0.39 is 18.8 Å². The van der Waals surface area contributed by atoms with E-state index in [4.69, 9.17) is 32.6 Å². The molecule has 0 saturated heterocycles. The predicted molar refractivity (Wildman–Crippen MR) is 83.5 cm³/mol. The van der Waals surface area contributed by atoms with Crippen molar-refractivity contribution >= 4 is 47.6 Å². The number of anilines is 1. The van der Waals surface area contributed by atoms with Crippen molar-refractivity contribution in [1.29, 1.82) is 0 Å². The molecule has 1 amide bonds. The summed E-state index contributed by atoms with van der Waals surface area (Å²) in [6.07, 6.45) is -0.584. The van der Waals surface area contributed by atoms with Gasteiger partial charge in [0.15, 0.2) is 0 Å². The van der Waals surface area contributed by atoms with Crippen LogP contribution in [0.4, 0.5) is 10.5 Å². The van der Waals surface area contributed by atoms with Crippen molar-refractivity contribution in [3.63, 3.8) is 0 Å². The van der Waals surface area contributed by atoms with Crippen molar-refractivity contribution in [2.75, 3.05) is 11.9 Å². The van der Waals surface area contributed by atoms with E-state index in [-0.39, 0.29) is 17.3 Å². The van der Waals surface area contributed by atoms with Gasteiger partial charge in [-0.2, -0.15) is 0 Å². The Balaban J connectivity index is 2.41. The highest BCUT2D eigenvalue weighted by atomic mass is 35.5. The van der Waals surface area contributed by atoms with Gasteiger partial charge in [0.1, 0.15) is 5.60 Å². The van der Waals surface area contributed by atoms with Crippen LogP contribution in [0.5, 0.6) is 0 Å². The lowest BCUT2D eigenvalue weighted by Crippen LogP contribution is -2.36. The highest BCUT2D eigenvalue weighted by molar-refractivity contribution is 6.66. The van der Waals surface area contributed by atoms with Crippen molar-refractivity contribution in [3.8, 4) is 0 Å². The highest BCUT2D eigenvalue weighted by Crippen LogP contribution is 2.35. The Morgan fingerprint density at radius 2 is 2.10 bits per heavy atom. The quantitative estimate of drug-likeness (QED) is 0.803. The fourth-order valence-electron chi connectivity index (χ4n) is 2.04. The third-order valence-corrected chi connectivity index (χ3v) is 3.63. The van der Waals surface area contributed by atoms with Crippen LogP contribution in [-0.4, -0.2) is 30.9 Å². The molecule has 0 saturated carbocycles. The molecule has 1 aliphatic heterocycles. The number of carbonyl (C=O) groups excluding carboxylic acids is 1. The summed E-state index contributed by atoms with van der Waals surface area (Å²) in [6, 6.07) is 1.63. The molecular weight excluding hydrogens is 316 g/mol. The van der Waals surface area contributed by atoms with Crippen LogP contribution in [-0.2, 0) is 16.0 Å². The van der Waals surface area contributed by atoms with E-state index in [1.54, 1.807) is 26.8 Å². The zero-order chi connectivity index (χ0) is 15.9. The lowest BCUT2D eigenvalue weighted by Gasteiger charge is -2.26. The maximum Gasteiger partial charge on any atom is 0.493 e. The zero-order valence-electron chi connectivity index (χ0n) is 12.2. The summed E-state index contributed by atoms with van der Waals surface area (Å²) in [5, 5.41) is 10.3. The molecule has 114 valence electrons. The molecule has 0 unspecified atom stereocenters. The van der Waals surface area contributed by atoms with Gasteiger partial charge in [0.25, 0.3) is 0 Å². The molecule has 0 fully saturated rings. The van der Waals surface area contributed by atoms with Crippen molar-refractivity contribution < 1.29 is 19.2 Å². The fourth-order valence-corrected chi connectivity index (χ4v) is 2.88. The van der Waals surface area contributed by atoms with Gasteiger partial charge in [-0.05, 0) is 32.4 Å². The van der Waals surface area contributed by atoms with Crippen LogP contribution >= 0.6 is 23.2 Å². The molecule has 1 N–H and O–H groups in total. The first-order chi connectivity index (χ1) is 9.61. The van der Waals surface area contributed by atoms with Crippen molar-refractivity contribution in [1.82, 2.24) is 0 Å². The third kappa shape index (κ3) is 3.29. The molecule has 5 nitrogen and oxygen atoms in total. The number of amides is 1. The number of benzene rings is 1. The molecule has 2 rings (SSSR count). The maximum absolute atomic E-state index is 12.1. The summed E-state index contributed by atoms with van der Waals surface area (Å²) >= 11 is 12.5. The first-order valence-corrected chi connectivity index (χ1v) is 7.14. The van der Waals surface area contributed by atoms with Gasteiger partial charge >= 0.3 is 13.2 Å². The third-order valence-electron chi connectivity index (χ3n) is 2.96. The number of hydrogen-bond acceptors (Lipinski definition) is 4. The molecule has 0 spiro atoms. The molecule has 1 heterocycles. The minimum atomic E-state index is -1.12. The van der Waals surface area contributed by atoms with Crippen molar-refractivity contribution in [3.05, 3.63) is 21.7 Å². The lowest BCUT2D eigenvalue weighted by molar-refractivity contribution is 0.0589.